The van der Waals surface area contributed by atoms with Crippen molar-refractivity contribution in [1.29, 1.82) is 0 Å². The third-order valence-corrected chi connectivity index (χ3v) is 5.87. The summed E-state index contributed by atoms with van der Waals surface area (Å²) < 4.78 is 38.8. The molecule has 0 unspecified atom stereocenters. The highest BCUT2D eigenvalue weighted by Gasteiger charge is 2.29. The third kappa shape index (κ3) is 6.00. The maximum absolute atomic E-state index is 13.6. The fraction of sp³-hybridized carbons (Fsp3) is 0.286. The van der Waals surface area contributed by atoms with Crippen LogP contribution in [0.25, 0.3) is 11.1 Å². The quantitative estimate of drug-likeness (QED) is 0.274. The number of para-hydroxylation sites is 2. The average molecular weight is 495 g/mol. The van der Waals surface area contributed by atoms with Crippen LogP contribution in [0.2, 0.25) is 0 Å². The van der Waals surface area contributed by atoms with E-state index in [1.165, 1.54) is 26.0 Å². The first-order valence-corrected chi connectivity index (χ1v) is 11.6. The van der Waals surface area contributed by atoms with Crippen molar-refractivity contribution in [2.24, 2.45) is 0 Å². The van der Waals surface area contributed by atoms with E-state index in [0.717, 1.165) is 23.6 Å². The Hall–Kier alpha value is -3.94. The van der Waals surface area contributed by atoms with E-state index in [1.54, 1.807) is 24.3 Å². The summed E-state index contributed by atoms with van der Waals surface area (Å²) in [4.78, 5) is 17.9. The number of aliphatic carboxylic acids is 1. The molecule has 0 saturated carbocycles. The fourth-order valence-electron chi connectivity index (χ4n) is 3.69. The molecule has 0 amide bonds. The van der Waals surface area contributed by atoms with Gasteiger partial charge in [0.1, 0.15) is 11.3 Å². The molecule has 6 nitrogen and oxygen atoms in total. The van der Waals surface area contributed by atoms with Gasteiger partial charge in [-0.1, -0.05) is 48.5 Å². The minimum absolute atomic E-state index is 0.0342. The van der Waals surface area contributed by atoms with Gasteiger partial charge >= 0.3 is 5.97 Å². The molecule has 1 aromatic heterocycles. The van der Waals surface area contributed by atoms with Gasteiger partial charge in [0.2, 0.25) is 0 Å². The zero-order chi connectivity index (χ0) is 25.9. The van der Waals surface area contributed by atoms with Crippen LogP contribution >= 0.6 is 0 Å². The lowest BCUT2D eigenvalue weighted by molar-refractivity contribution is -0.152. The van der Waals surface area contributed by atoms with Crippen LogP contribution in [0.1, 0.15) is 37.5 Å². The molecule has 0 saturated heterocycles. The normalized spacial score (nSPS) is 12.0. The number of carboxylic acid groups (broad SMARTS) is 1. The van der Waals surface area contributed by atoms with E-state index in [9.17, 15) is 18.7 Å². The highest BCUT2D eigenvalue weighted by Crippen LogP contribution is 2.28. The number of halogens is 2. The van der Waals surface area contributed by atoms with Gasteiger partial charge in [-0.2, -0.15) is 4.98 Å². The molecular weight excluding hydrogens is 466 g/mol. The number of hydrogen-bond acceptors (Lipinski definition) is 5. The second-order valence-electron chi connectivity index (χ2n) is 9.28. The van der Waals surface area contributed by atoms with Crippen molar-refractivity contribution in [2.45, 2.75) is 45.3 Å². The van der Waals surface area contributed by atoms with Gasteiger partial charge in [-0.3, -0.25) is 0 Å². The topological polar surface area (TPSA) is 75.8 Å². The van der Waals surface area contributed by atoms with Gasteiger partial charge < -0.3 is 19.2 Å². The van der Waals surface area contributed by atoms with Crippen LogP contribution in [-0.4, -0.2) is 28.2 Å². The molecule has 0 atom stereocenters. The Morgan fingerprint density at radius 2 is 1.61 bits per heavy atom. The number of aromatic nitrogens is 1. The molecule has 36 heavy (non-hydrogen) atoms. The zero-order valence-corrected chi connectivity index (χ0v) is 20.4. The van der Waals surface area contributed by atoms with E-state index in [1.807, 2.05) is 41.3 Å². The molecule has 4 rings (SSSR count). The van der Waals surface area contributed by atoms with Gasteiger partial charge in [0.15, 0.2) is 11.2 Å². The molecular formula is C28H28F2N2O4. The number of nitrogens with zero attached hydrogens (tertiary/aromatic N) is 2. The molecule has 8 heteroatoms. The van der Waals surface area contributed by atoms with Crippen molar-refractivity contribution >= 4 is 23.1 Å². The minimum Gasteiger partial charge on any atom is -0.478 e. The van der Waals surface area contributed by atoms with E-state index in [-0.39, 0.29) is 5.56 Å². The molecule has 0 aliphatic heterocycles. The zero-order valence-electron chi connectivity index (χ0n) is 20.4. The third-order valence-electron chi connectivity index (χ3n) is 5.87. The van der Waals surface area contributed by atoms with Crippen LogP contribution in [0.5, 0.6) is 5.75 Å². The first-order chi connectivity index (χ1) is 17.0. The predicted octanol–water partition coefficient (Wildman–Crippen LogP) is 6.43. The maximum atomic E-state index is 13.6. The standard InChI is InChI=1S/C28H28F2N2O4/c1-27(2,25(33)34)36-22-14-10-19(11-15-22)16-17-32(26-31-23-6-4-5-7-24(23)35-26)18-20-8-12-21(13-9-20)28(3,29)30/h4-15H,16-18H2,1-3H3,(H,33,34). The first kappa shape index (κ1) is 25.2. The largest absolute Gasteiger partial charge is 0.478 e. The highest BCUT2D eigenvalue weighted by atomic mass is 19.3. The summed E-state index contributed by atoms with van der Waals surface area (Å²) in [5.41, 5.74) is 1.90. The Morgan fingerprint density at radius 3 is 2.22 bits per heavy atom. The lowest BCUT2D eigenvalue weighted by atomic mass is 10.1. The van der Waals surface area contributed by atoms with Gasteiger partial charge in [-0.15, -0.1) is 0 Å². The summed E-state index contributed by atoms with van der Waals surface area (Å²) in [5, 5.41) is 9.26. The van der Waals surface area contributed by atoms with Crippen molar-refractivity contribution < 1.29 is 27.8 Å². The number of benzene rings is 3. The lowest BCUT2D eigenvalue weighted by Crippen LogP contribution is -2.37. The average Bonchev–Trinajstić information content (AvgIpc) is 3.26. The Balaban J connectivity index is 1.51. The Kier molecular flexibility index (Phi) is 6.97. The smallest absolute Gasteiger partial charge is 0.347 e. The number of alkyl halides is 2. The Morgan fingerprint density at radius 1 is 0.972 bits per heavy atom. The van der Waals surface area contributed by atoms with Crippen molar-refractivity contribution in [3.8, 4) is 5.75 Å². The highest BCUT2D eigenvalue weighted by molar-refractivity contribution is 5.76. The van der Waals surface area contributed by atoms with Crippen LogP contribution in [0.4, 0.5) is 14.8 Å². The number of anilines is 1. The van der Waals surface area contributed by atoms with Gasteiger partial charge in [0.25, 0.3) is 11.9 Å². The molecule has 0 bridgehead atoms. The molecule has 1 N–H and O–H groups in total. The second kappa shape index (κ2) is 9.97. The SMILES string of the molecule is CC(C)(Oc1ccc(CCN(Cc2ccc(C(C)(F)F)cc2)c2nc3ccccc3o2)cc1)C(=O)O. The van der Waals surface area contributed by atoms with E-state index in [2.05, 4.69) is 4.98 Å². The van der Waals surface area contributed by atoms with Crippen molar-refractivity contribution in [3.63, 3.8) is 0 Å². The number of carbonyl (C=O) groups is 1. The number of fused-ring (bicyclic) bond motifs is 1. The molecule has 0 radical (unpaired) electrons. The summed E-state index contributed by atoms with van der Waals surface area (Å²) in [7, 11) is 0. The van der Waals surface area contributed by atoms with Crippen LogP contribution < -0.4 is 9.64 Å². The second-order valence-corrected chi connectivity index (χ2v) is 9.28. The van der Waals surface area contributed by atoms with E-state index >= 15 is 0 Å². The van der Waals surface area contributed by atoms with Crippen LogP contribution in [-0.2, 0) is 23.7 Å². The Labute approximate surface area is 208 Å². The monoisotopic (exact) mass is 494 g/mol. The van der Waals surface area contributed by atoms with Gasteiger partial charge in [0.05, 0.1) is 0 Å². The number of carboxylic acids is 1. The molecule has 188 valence electrons. The summed E-state index contributed by atoms with van der Waals surface area (Å²) in [6.07, 6.45) is 0.645. The molecule has 0 spiro atoms. The molecule has 0 aliphatic rings. The molecule has 4 aromatic rings. The van der Waals surface area contributed by atoms with Gasteiger partial charge in [0, 0.05) is 25.6 Å². The summed E-state index contributed by atoms with van der Waals surface area (Å²) in [6.45, 7) is 4.85. The van der Waals surface area contributed by atoms with Crippen LogP contribution in [0, 0.1) is 0 Å². The molecule has 3 aromatic carbocycles. The molecule has 0 aliphatic carbocycles. The van der Waals surface area contributed by atoms with Crippen molar-refractivity contribution in [1.82, 2.24) is 4.98 Å². The van der Waals surface area contributed by atoms with E-state index in [4.69, 9.17) is 9.15 Å². The summed E-state index contributed by atoms with van der Waals surface area (Å²) in [6, 6.07) is 21.5. The molecule has 1 heterocycles. The minimum atomic E-state index is -2.89. The van der Waals surface area contributed by atoms with Crippen LogP contribution in [0.3, 0.4) is 0 Å². The summed E-state index contributed by atoms with van der Waals surface area (Å²) in [5.74, 6) is -3.47. The predicted molar refractivity (Wildman–Crippen MR) is 134 cm³/mol. The number of rotatable bonds is 10. The maximum Gasteiger partial charge on any atom is 0.347 e. The number of hydrogen-bond donors (Lipinski definition) is 1. The van der Waals surface area contributed by atoms with E-state index < -0.39 is 17.5 Å². The van der Waals surface area contributed by atoms with Crippen LogP contribution in [0.15, 0.2) is 77.2 Å². The van der Waals surface area contributed by atoms with Crippen molar-refractivity contribution in [2.75, 3.05) is 11.4 Å². The van der Waals surface area contributed by atoms with Crippen molar-refractivity contribution in [3.05, 3.63) is 89.5 Å². The molecule has 0 fully saturated rings. The number of oxazole rings is 1. The lowest BCUT2D eigenvalue weighted by Gasteiger charge is -2.22. The summed E-state index contributed by atoms with van der Waals surface area (Å²) >= 11 is 0. The fourth-order valence-corrected chi connectivity index (χ4v) is 3.69. The number of ether oxygens (including phenoxy) is 1. The van der Waals surface area contributed by atoms with E-state index in [0.29, 0.717) is 36.9 Å². The van der Waals surface area contributed by atoms with Gasteiger partial charge in [-0.25, -0.2) is 13.6 Å². The van der Waals surface area contributed by atoms with Gasteiger partial charge in [-0.05, 0) is 55.7 Å². The first-order valence-electron chi connectivity index (χ1n) is 11.6. The Bertz CT molecular complexity index is 1290.